The van der Waals surface area contributed by atoms with Crippen molar-refractivity contribution in [2.75, 3.05) is 32.6 Å². The molecule has 0 radical (unpaired) electrons. The summed E-state index contributed by atoms with van der Waals surface area (Å²) in [6, 6.07) is 14.3. The lowest BCUT2D eigenvalue weighted by molar-refractivity contribution is -0.117. The molecular formula is C27H33FN6O. The second-order valence-electron chi connectivity index (χ2n) is 8.71. The van der Waals surface area contributed by atoms with Crippen molar-refractivity contribution >= 4 is 24.4 Å². The zero-order valence-corrected chi connectivity index (χ0v) is 20.8. The average Bonchev–Trinajstić information content (AvgIpc) is 3.40. The number of imidazole rings is 1. The Balaban J connectivity index is 0.00000108. The molecule has 2 aromatic carbocycles. The maximum atomic E-state index is 13.3. The zero-order valence-electron chi connectivity index (χ0n) is 20.8. The number of carbonyl (C=O) groups is 1. The van der Waals surface area contributed by atoms with Crippen molar-refractivity contribution in [2.24, 2.45) is 5.10 Å². The van der Waals surface area contributed by atoms with Crippen LogP contribution in [0.1, 0.15) is 24.7 Å². The summed E-state index contributed by atoms with van der Waals surface area (Å²) in [4.78, 5) is 18.7. The molecule has 1 unspecified atom stereocenters. The lowest BCUT2D eigenvalue weighted by Gasteiger charge is -2.23. The number of halogens is 1. The molecule has 0 saturated carbocycles. The van der Waals surface area contributed by atoms with E-state index in [0.29, 0.717) is 25.2 Å². The van der Waals surface area contributed by atoms with E-state index in [0.717, 1.165) is 22.5 Å². The van der Waals surface area contributed by atoms with Crippen molar-refractivity contribution in [1.82, 2.24) is 20.3 Å². The first-order valence-electron chi connectivity index (χ1n) is 11.5. The number of likely N-dealkylation sites (N-methyl/N-ethyl adjacent to an activating group) is 1. The van der Waals surface area contributed by atoms with E-state index in [2.05, 4.69) is 34.4 Å². The molecule has 4 rings (SSSR count). The van der Waals surface area contributed by atoms with Crippen molar-refractivity contribution in [3.8, 4) is 11.3 Å². The summed E-state index contributed by atoms with van der Waals surface area (Å²) in [5.74, 6) is 0.496. The monoisotopic (exact) mass is 476 g/mol. The topological polar surface area (TPSA) is 74.5 Å². The fraction of sp³-hybridized carbons (Fsp3) is 0.296. The van der Waals surface area contributed by atoms with Crippen LogP contribution in [0.4, 0.5) is 10.1 Å². The quantitative estimate of drug-likeness (QED) is 0.507. The molecule has 7 nitrogen and oxygen atoms in total. The fourth-order valence-electron chi connectivity index (χ4n) is 3.92. The van der Waals surface area contributed by atoms with Crippen molar-refractivity contribution in [3.63, 3.8) is 0 Å². The summed E-state index contributed by atoms with van der Waals surface area (Å²) in [6.45, 7) is 6.36. The molecule has 1 fully saturated rings. The van der Waals surface area contributed by atoms with Gasteiger partial charge in [0.15, 0.2) is 5.82 Å². The Morgan fingerprint density at radius 3 is 2.51 bits per heavy atom. The second-order valence-corrected chi connectivity index (χ2v) is 8.71. The van der Waals surface area contributed by atoms with Crippen LogP contribution in [0.2, 0.25) is 0 Å². The first-order valence-corrected chi connectivity index (χ1v) is 11.5. The Labute approximate surface area is 206 Å². The van der Waals surface area contributed by atoms with Gasteiger partial charge in [0.05, 0.1) is 11.9 Å². The average molecular weight is 477 g/mol. The van der Waals surface area contributed by atoms with Gasteiger partial charge in [-0.2, -0.15) is 5.10 Å². The molecule has 0 bridgehead atoms. The van der Waals surface area contributed by atoms with E-state index in [1.54, 1.807) is 16.9 Å². The van der Waals surface area contributed by atoms with Gasteiger partial charge < -0.3 is 15.5 Å². The van der Waals surface area contributed by atoms with E-state index in [9.17, 15) is 9.18 Å². The van der Waals surface area contributed by atoms with Gasteiger partial charge in [-0.15, -0.1) is 0 Å². The summed E-state index contributed by atoms with van der Waals surface area (Å²) in [7, 11) is 5.63. The van der Waals surface area contributed by atoms with Gasteiger partial charge in [0.25, 0.3) is 0 Å². The summed E-state index contributed by atoms with van der Waals surface area (Å²) in [5, 5.41) is 10.1. The minimum atomic E-state index is -0.248. The fourth-order valence-corrected chi connectivity index (χ4v) is 3.92. The van der Waals surface area contributed by atoms with Crippen LogP contribution in [-0.4, -0.2) is 55.5 Å². The van der Waals surface area contributed by atoms with Crippen molar-refractivity contribution in [3.05, 3.63) is 78.0 Å². The van der Waals surface area contributed by atoms with Gasteiger partial charge in [0.1, 0.15) is 5.82 Å². The van der Waals surface area contributed by atoms with Gasteiger partial charge in [-0.3, -0.25) is 4.79 Å². The highest BCUT2D eigenvalue weighted by Gasteiger charge is 2.38. The molecule has 1 amide bonds. The third kappa shape index (κ3) is 6.29. The smallest absolute Gasteiger partial charge is 0.228 e. The van der Waals surface area contributed by atoms with Crippen LogP contribution in [-0.2, 0) is 11.2 Å². The Morgan fingerprint density at radius 2 is 1.91 bits per heavy atom. The molecule has 1 aliphatic heterocycles. The molecule has 1 aliphatic rings. The molecule has 1 atom stereocenters. The molecule has 0 spiro atoms. The minimum absolute atomic E-state index is 0.109. The number of rotatable bonds is 7. The molecule has 3 aromatic rings. The van der Waals surface area contributed by atoms with E-state index in [4.69, 9.17) is 0 Å². The van der Waals surface area contributed by atoms with E-state index < -0.39 is 0 Å². The van der Waals surface area contributed by atoms with Crippen molar-refractivity contribution < 1.29 is 9.18 Å². The van der Waals surface area contributed by atoms with Crippen molar-refractivity contribution in [1.29, 1.82) is 0 Å². The second kappa shape index (κ2) is 11.7. The summed E-state index contributed by atoms with van der Waals surface area (Å²) in [5.41, 5.74) is 3.25. The molecule has 1 saturated heterocycles. The van der Waals surface area contributed by atoms with E-state index in [1.165, 1.54) is 12.1 Å². The van der Waals surface area contributed by atoms with E-state index in [-0.39, 0.29) is 17.3 Å². The van der Waals surface area contributed by atoms with Gasteiger partial charge >= 0.3 is 0 Å². The molecule has 0 aliphatic carbocycles. The number of carbonyl (C=O) groups excluding carboxylic acids is 1. The predicted molar refractivity (Wildman–Crippen MR) is 141 cm³/mol. The lowest BCUT2D eigenvalue weighted by atomic mass is 10.0. The Hall–Kier alpha value is -3.62. The Kier molecular flexibility index (Phi) is 8.68. The number of benzene rings is 2. The van der Waals surface area contributed by atoms with Crippen LogP contribution in [0, 0.1) is 5.82 Å². The summed E-state index contributed by atoms with van der Waals surface area (Å²) >= 11 is 0. The molecular weight excluding hydrogens is 443 g/mol. The maximum Gasteiger partial charge on any atom is 0.228 e. The summed E-state index contributed by atoms with van der Waals surface area (Å²) < 4.78 is 15.0. The Bertz CT molecular complexity index is 1190. The van der Waals surface area contributed by atoms with Crippen molar-refractivity contribution in [2.45, 2.75) is 25.3 Å². The number of hydrogen-bond acceptors (Lipinski definition) is 5. The Morgan fingerprint density at radius 1 is 1.20 bits per heavy atom. The van der Waals surface area contributed by atoms with Gasteiger partial charge in [-0.25, -0.2) is 14.1 Å². The molecule has 2 N–H and O–H groups in total. The van der Waals surface area contributed by atoms with E-state index in [1.807, 2.05) is 68.5 Å². The highest BCUT2D eigenvalue weighted by molar-refractivity contribution is 5.97. The molecule has 1 aromatic heterocycles. The minimum Gasteiger partial charge on any atom is -0.323 e. The predicted octanol–water partition coefficient (Wildman–Crippen LogP) is 3.96. The van der Waals surface area contributed by atoms with Gasteiger partial charge in [0, 0.05) is 36.5 Å². The number of hydrogen-bond donors (Lipinski definition) is 2. The van der Waals surface area contributed by atoms with Crippen LogP contribution in [0.3, 0.4) is 0 Å². The van der Waals surface area contributed by atoms with Crippen LogP contribution >= 0.6 is 0 Å². The summed E-state index contributed by atoms with van der Waals surface area (Å²) in [6.07, 6.45) is 6.57. The van der Waals surface area contributed by atoms with Gasteiger partial charge in [0.2, 0.25) is 5.91 Å². The molecule has 8 heteroatoms. The third-order valence-corrected chi connectivity index (χ3v) is 5.84. The number of nitrogens with zero attached hydrogens (tertiary/aromatic N) is 4. The van der Waals surface area contributed by atoms with E-state index >= 15 is 0 Å². The molecule has 2 heterocycles. The normalized spacial score (nSPS) is 17.5. The molecule has 184 valence electrons. The zero-order chi connectivity index (χ0) is 25.4. The number of anilines is 1. The SMILES string of the molecule is C=Nn1c(-c2ccc(N3CC(C)(NC)CC3=O)cc2)cnc1/C=C\Cc1cccc(F)c1.CNC. The lowest BCUT2D eigenvalue weighted by Crippen LogP contribution is -2.42. The van der Waals surface area contributed by atoms with Crippen LogP contribution in [0.15, 0.2) is 65.9 Å². The first-order chi connectivity index (χ1) is 16.8. The van der Waals surface area contributed by atoms with Gasteiger partial charge in [-0.05, 0) is 70.4 Å². The standard InChI is InChI=1S/C25H26FN5O.C2H7N/c1-25(27-2)15-24(32)30(17-25)21-12-10-19(11-13-21)22-16-29-23(31(22)28-3)9-5-7-18-6-4-8-20(26)14-18;1-3-2/h4-6,8-14,16,27H,3,7,15,17H2,1-2H3;3H,1-2H3/b9-5-;. The van der Waals surface area contributed by atoms with Crippen LogP contribution < -0.4 is 15.5 Å². The van der Waals surface area contributed by atoms with Crippen LogP contribution in [0.5, 0.6) is 0 Å². The number of nitrogens with one attached hydrogen (secondary N) is 2. The third-order valence-electron chi connectivity index (χ3n) is 5.84. The highest BCUT2D eigenvalue weighted by Crippen LogP contribution is 2.30. The molecule has 35 heavy (non-hydrogen) atoms. The number of allylic oxidation sites excluding steroid dienone is 1. The van der Waals surface area contributed by atoms with Crippen LogP contribution in [0.25, 0.3) is 17.3 Å². The maximum absolute atomic E-state index is 13.3. The number of amides is 1. The number of aromatic nitrogens is 2. The van der Waals surface area contributed by atoms with Gasteiger partial charge in [-0.1, -0.05) is 30.3 Å². The highest BCUT2D eigenvalue weighted by atomic mass is 19.1. The first kappa shape index (κ1) is 26.0. The largest absolute Gasteiger partial charge is 0.323 e.